The molecule has 0 amide bonds. The van der Waals surface area contributed by atoms with Crippen molar-refractivity contribution in [3.05, 3.63) is 0 Å². The van der Waals surface area contributed by atoms with E-state index in [1.165, 1.54) is 25.9 Å². The molecule has 1 fully saturated rings. The predicted molar refractivity (Wildman–Crippen MR) is 68.8 cm³/mol. The molecule has 0 aromatic rings. The normalized spacial score (nSPS) is 21.9. The van der Waals surface area contributed by atoms with Crippen molar-refractivity contribution in [3.63, 3.8) is 0 Å². The molecule has 0 N–H and O–H groups in total. The van der Waals surface area contributed by atoms with Gasteiger partial charge in [0.2, 0.25) is 0 Å². The van der Waals surface area contributed by atoms with Crippen molar-refractivity contribution in [3.8, 4) is 0 Å². The summed E-state index contributed by atoms with van der Waals surface area (Å²) in [4.78, 5) is 4.89. The van der Waals surface area contributed by atoms with Gasteiger partial charge < -0.3 is 14.5 Å². The van der Waals surface area contributed by atoms with Crippen LogP contribution in [0.4, 0.5) is 0 Å². The van der Waals surface area contributed by atoms with E-state index in [0.29, 0.717) is 12.2 Å². The quantitative estimate of drug-likeness (QED) is 0.714. The number of hydrogen-bond acceptors (Lipinski definition) is 3. The Morgan fingerprint density at radius 3 is 2.31 bits per heavy atom. The van der Waals surface area contributed by atoms with E-state index in [-0.39, 0.29) is 0 Å². The zero-order valence-corrected chi connectivity index (χ0v) is 11.6. The highest BCUT2D eigenvalue weighted by molar-refractivity contribution is 4.77. The number of likely N-dealkylation sites (tertiary alicyclic amines) is 1. The van der Waals surface area contributed by atoms with Gasteiger partial charge in [-0.3, -0.25) is 0 Å². The molecular formula is C13H28N2O. The Balaban J connectivity index is 2.26. The van der Waals surface area contributed by atoms with Crippen LogP contribution in [-0.4, -0.2) is 61.8 Å². The molecule has 1 aliphatic heterocycles. The van der Waals surface area contributed by atoms with E-state index in [2.05, 4.69) is 44.7 Å². The van der Waals surface area contributed by atoms with Gasteiger partial charge in [-0.25, -0.2) is 0 Å². The van der Waals surface area contributed by atoms with Crippen LogP contribution in [0.5, 0.6) is 0 Å². The molecule has 0 radical (unpaired) electrons. The van der Waals surface area contributed by atoms with Gasteiger partial charge in [-0.2, -0.15) is 0 Å². The monoisotopic (exact) mass is 228 g/mol. The average molecular weight is 228 g/mol. The summed E-state index contributed by atoms with van der Waals surface area (Å²) in [5.74, 6) is 0. The Hall–Kier alpha value is -0.120. The highest BCUT2D eigenvalue weighted by Crippen LogP contribution is 2.14. The van der Waals surface area contributed by atoms with Crippen LogP contribution in [0.25, 0.3) is 0 Å². The first-order valence-corrected chi connectivity index (χ1v) is 6.53. The van der Waals surface area contributed by atoms with Crippen molar-refractivity contribution in [2.24, 2.45) is 0 Å². The van der Waals surface area contributed by atoms with Crippen molar-refractivity contribution < 1.29 is 4.74 Å². The summed E-state index contributed by atoms with van der Waals surface area (Å²) in [5, 5.41) is 0. The van der Waals surface area contributed by atoms with Crippen LogP contribution in [0.3, 0.4) is 0 Å². The van der Waals surface area contributed by atoms with Crippen LogP contribution in [0.15, 0.2) is 0 Å². The minimum Gasteiger partial charge on any atom is -0.375 e. The summed E-state index contributed by atoms with van der Waals surface area (Å²) in [7, 11) is 4.44. The Bertz CT molecular complexity index is 188. The summed E-state index contributed by atoms with van der Waals surface area (Å²) < 4.78 is 5.78. The minimum absolute atomic E-state index is 0.334. The lowest BCUT2D eigenvalue weighted by atomic mass is 10.0. The fraction of sp³-hybridized carbons (Fsp3) is 1.00. The van der Waals surface area contributed by atoms with Crippen LogP contribution in [-0.2, 0) is 4.74 Å². The van der Waals surface area contributed by atoms with Gasteiger partial charge in [-0.1, -0.05) is 0 Å². The molecule has 0 bridgehead atoms. The molecule has 3 heteroatoms. The summed E-state index contributed by atoms with van der Waals surface area (Å²) in [5.41, 5.74) is 0. The van der Waals surface area contributed by atoms with Gasteiger partial charge in [0.25, 0.3) is 0 Å². The lowest BCUT2D eigenvalue weighted by Gasteiger charge is -2.36. The van der Waals surface area contributed by atoms with Crippen molar-refractivity contribution in [1.82, 2.24) is 9.80 Å². The Kier molecular flexibility index (Phi) is 5.73. The van der Waals surface area contributed by atoms with E-state index in [1.807, 2.05) is 0 Å². The third-order valence-electron chi connectivity index (χ3n) is 3.36. The molecule has 0 aromatic heterocycles. The zero-order valence-electron chi connectivity index (χ0n) is 11.6. The molecule has 1 unspecified atom stereocenters. The highest BCUT2D eigenvalue weighted by atomic mass is 16.5. The summed E-state index contributed by atoms with van der Waals surface area (Å²) in [6, 6.07) is 0.745. The average Bonchev–Trinajstić information content (AvgIpc) is 2.16. The van der Waals surface area contributed by atoms with Gasteiger partial charge in [0.15, 0.2) is 0 Å². The van der Waals surface area contributed by atoms with Crippen molar-refractivity contribution in [1.29, 1.82) is 0 Å². The molecule has 3 nitrogen and oxygen atoms in total. The molecule has 1 rings (SSSR count). The molecule has 1 atom stereocenters. The van der Waals surface area contributed by atoms with Gasteiger partial charge in [-0.15, -0.1) is 0 Å². The first-order chi connectivity index (χ1) is 7.49. The fourth-order valence-corrected chi connectivity index (χ4v) is 2.50. The number of ether oxygens (including phenoxy) is 1. The molecule has 0 aliphatic carbocycles. The van der Waals surface area contributed by atoms with Crippen LogP contribution in [0, 0.1) is 0 Å². The second kappa shape index (κ2) is 6.58. The first-order valence-electron chi connectivity index (χ1n) is 6.53. The Morgan fingerprint density at radius 2 is 1.81 bits per heavy atom. The number of hydrogen-bond donors (Lipinski definition) is 0. The van der Waals surface area contributed by atoms with Crippen LogP contribution >= 0.6 is 0 Å². The SMILES string of the molecule is CC(C)OC(C)CN(C)C1CCN(C)CC1. The number of piperidine rings is 1. The van der Waals surface area contributed by atoms with E-state index >= 15 is 0 Å². The van der Waals surface area contributed by atoms with Crippen LogP contribution in [0.2, 0.25) is 0 Å². The minimum atomic E-state index is 0.334. The van der Waals surface area contributed by atoms with E-state index < -0.39 is 0 Å². The number of nitrogens with zero attached hydrogens (tertiary/aromatic N) is 2. The number of likely N-dealkylation sites (N-methyl/N-ethyl adjacent to an activating group) is 1. The molecule has 1 heterocycles. The predicted octanol–water partition coefficient (Wildman–Crippen LogP) is 1.83. The van der Waals surface area contributed by atoms with E-state index in [9.17, 15) is 0 Å². The van der Waals surface area contributed by atoms with E-state index in [4.69, 9.17) is 4.74 Å². The summed E-state index contributed by atoms with van der Waals surface area (Å²) in [6.45, 7) is 9.89. The Morgan fingerprint density at radius 1 is 1.25 bits per heavy atom. The standard InChI is InChI=1S/C13H28N2O/c1-11(2)16-12(3)10-15(5)13-6-8-14(4)9-7-13/h11-13H,6-10H2,1-5H3. The summed E-state index contributed by atoms with van der Waals surface area (Å²) >= 11 is 0. The third-order valence-corrected chi connectivity index (χ3v) is 3.36. The first kappa shape index (κ1) is 13.9. The fourth-order valence-electron chi connectivity index (χ4n) is 2.50. The smallest absolute Gasteiger partial charge is 0.0677 e. The molecular weight excluding hydrogens is 200 g/mol. The van der Waals surface area contributed by atoms with Gasteiger partial charge in [0.05, 0.1) is 12.2 Å². The van der Waals surface area contributed by atoms with Crippen LogP contribution < -0.4 is 0 Å². The maximum absolute atomic E-state index is 5.78. The lowest BCUT2D eigenvalue weighted by Crippen LogP contribution is -2.44. The molecule has 1 saturated heterocycles. The van der Waals surface area contributed by atoms with E-state index in [0.717, 1.165) is 12.6 Å². The second-order valence-electron chi connectivity index (χ2n) is 5.47. The highest BCUT2D eigenvalue weighted by Gasteiger charge is 2.21. The molecule has 16 heavy (non-hydrogen) atoms. The topological polar surface area (TPSA) is 15.7 Å². The third kappa shape index (κ3) is 4.81. The van der Waals surface area contributed by atoms with Crippen molar-refractivity contribution >= 4 is 0 Å². The molecule has 0 spiro atoms. The van der Waals surface area contributed by atoms with E-state index in [1.54, 1.807) is 0 Å². The van der Waals surface area contributed by atoms with Gasteiger partial charge in [-0.05, 0) is 60.8 Å². The summed E-state index contributed by atoms with van der Waals surface area (Å²) in [6.07, 6.45) is 3.26. The van der Waals surface area contributed by atoms with Crippen LogP contribution in [0.1, 0.15) is 33.6 Å². The zero-order chi connectivity index (χ0) is 12.1. The number of rotatable bonds is 5. The van der Waals surface area contributed by atoms with Crippen molar-refractivity contribution in [2.75, 3.05) is 33.7 Å². The van der Waals surface area contributed by atoms with Gasteiger partial charge in [0, 0.05) is 12.6 Å². The molecule has 96 valence electrons. The van der Waals surface area contributed by atoms with Crippen molar-refractivity contribution in [2.45, 2.75) is 51.9 Å². The van der Waals surface area contributed by atoms with Gasteiger partial charge >= 0.3 is 0 Å². The Labute approximate surface area is 101 Å². The molecule has 1 aliphatic rings. The maximum Gasteiger partial charge on any atom is 0.0677 e. The molecule has 0 saturated carbocycles. The maximum atomic E-state index is 5.78. The molecule has 0 aromatic carbocycles. The second-order valence-corrected chi connectivity index (χ2v) is 5.47. The largest absolute Gasteiger partial charge is 0.375 e. The van der Waals surface area contributed by atoms with Gasteiger partial charge in [0.1, 0.15) is 0 Å². The lowest BCUT2D eigenvalue weighted by molar-refractivity contribution is -0.00817.